The number of hydrogen-bond acceptors (Lipinski definition) is 6. The number of ether oxygens (including phenoxy) is 2. The maximum Gasteiger partial charge on any atom is 0.333 e. The van der Waals surface area contributed by atoms with Crippen molar-refractivity contribution in [1.29, 1.82) is 0 Å². The highest BCUT2D eigenvalue weighted by atomic mass is 16.5. The summed E-state index contributed by atoms with van der Waals surface area (Å²) in [6.45, 7) is 1.96. The number of carboxylic acid groups (broad SMARTS) is 2. The largest absolute Gasteiger partial charge is 0.481 e. The van der Waals surface area contributed by atoms with Gasteiger partial charge in [-0.25, -0.2) is 4.79 Å². The number of rotatable bonds is 12. The Morgan fingerprint density at radius 3 is 1.67 bits per heavy atom. The van der Waals surface area contributed by atoms with Crippen LogP contribution in [0.1, 0.15) is 32.1 Å². The number of aliphatic hydroxyl groups is 2. The highest BCUT2D eigenvalue weighted by Gasteiger charge is 2.19. The van der Waals surface area contributed by atoms with Gasteiger partial charge in [0, 0.05) is 33.5 Å². The zero-order chi connectivity index (χ0) is 16.5. The summed E-state index contributed by atoms with van der Waals surface area (Å²) in [6, 6.07) is 0. The van der Waals surface area contributed by atoms with E-state index in [2.05, 4.69) is 4.74 Å². The summed E-state index contributed by atoms with van der Waals surface area (Å²) >= 11 is 0. The van der Waals surface area contributed by atoms with Crippen LogP contribution in [0.15, 0.2) is 0 Å². The zero-order valence-corrected chi connectivity index (χ0v) is 12.4. The van der Waals surface area contributed by atoms with Gasteiger partial charge in [0.2, 0.25) is 0 Å². The molecule has 0 aliphatic rings. The van der Waals surface area contributed by atoms with Gasteiger partial charge in [0.25, 0.3) is 0 Å². The smallest absolute Gasteiger partial charge is 0.333 e. The lowest BCUT2D eigenvalue weighted by Crippen LogP contribution is -2.25. The molecule has 0 amide bonds. The predicted octanol–water partition coefficient (Wildman–Crippen LogP) is 0.109. The van der Waals surface area contributed by atoms with Gasteiger partial charge < -0.3 is 29.9 Å². The third-order valence-electron chi connectivity index (χ3n) is 2.31. The Balaban J connectivity index is 0. The van der Waals surface area contributed by atoms with E-state index in [-0.39, 0.29) is 13.2 Å². The Bertz CT molecular complexity index is 249. The van der Waals surface area contributed by atoms with Gasteiger partial charge in [0.15, 0.2) is 6.10 Å². The summed E-state index contributed by atoms with van der Waals surface area (Å²) < 4.78 is 9.56. The molecular formula is C13H26O8. The highest BCUT2D eigenvalue weighted by Crippen LogP contribution is 1.96. The Labute approximate surface area is 124 Å². The van der Waals surface area contributed by atoms with Crippen molar-refractivity contribution in [2.24, 2.45) is 0 Å². The van der Waals surface area contributed by atoms with Gasteiger partial charge in [-0.2, -0.15) is 0 Å². The van der Waals surface area contributed by atoms with Crippen molar-refractivity contribution in [3.05, 3.63) is 0 Å². The Morgan fingerprint density at radius 1 is 0.952 bits per heavy atom. The zero-order valence-electron chi connectivity index (χ0n) is 12.4. The van der Waals surface area contributed by atoms with Crippen LogP contribution >= 0.6 is 0 Å². The minimum atomic E-state index is -1.26. The molecule has 0 aliphatic carbocycles. The van der Waals surface area contributed by atoms with Crippen molar-refractivity contribution >= 4 is 11.9 Å². The first-order valence-electron chi connectivity index (χ1n) is 6.76. The monoisotopic (exact) mass is 310 g/mol. The number of unbranched alkanes of at least 4 members (excludes halogenated alkanes) is 2. The average molecular weight is 310 g/mol. The first-order valence-corrected chi connectivity index (χ1v) is 6.76. The normalized spacial score (nSPS) is 11.4. The second-order valence-corrected chi connectivity index (χ2v) is 4.13. The first kappa shape index (κ1) is 22.1. The second kappa shape index (κ2) is 16.8. The van der Waals surface area contributed by atoms with Crippen LogP contribution in [0.4, 0.5) is 0 Å². The van der Waals surface area contributed by atoms with E-state index in [1.165, 1.54) is 0 Å². The molecule has 8 nitrogen and oxygen atoms in total. The van der Waals surface area contributed by atoms with E-state index in [0.29, 0.717) is 0 Å². The van der Waals surface area contributed by atoms with Gasteiger partial charge in [-0.05, 0) is 25.7 Å². The number of carboxylic acids is 2. The molecule has 0 saturated carbocycles. The van der Waals surface area contributed by atoms with E-state index < -0.39 is 24.5 Å². The van der Waals surface area contributed by atoms with Crippen molar-refractivity contribution in [3.8, 4) is 0 Å². The number of aliphatic carboxylic acids is 2. The maximum atomic E-state index is 10.1. The fourth-order valence-electron chi connectivity index (χ4n) is 1.16. The first-order chi connectivity index (χ1) is 9.99. The molecule has 21 heavy (non-hydrogen) atoms. The van der Waals surface area contributed by atoms with Crippen LogP contribution in [0.5, 0.6) is 0 Å². The third-order valence-corrected chi connectivity index (χ3v) is 2.31. The van der Waals surface area contributed by atoms with Gasteiger partial charge in [-0.15, -0.1) is 0 Å². The number of carbonyl (C=O) groups is 2. The molecule has 1 unspecified atom stereocenters. The lowest BCUT2D eigenvalue weighted by molar-refractivity contribution is -0.154. The molecule has 0 spiro atoms. The third kappa shape index (κ3) is 18.8. The second-order valence-electron chi connectivity index (χ2n) is 4.13. The molecule has 0 aromatic heterocycles. The van der Waals surface area contributed by atoms with Gasteiger partial charge in [0.1, 0.15) is 0 Å². The summed E-state index contributed by atoms with van der Waals surface area (Å²) in [5.41, 5.74) is 0. The maximum absolute atomic E-state index is 10.1. The molecule has 0 fully saturated rings. The summed E-state index contributed by atoms with van der Waals surface area (Å²) in [5.74, 6) is -2.45. The van der Waals surface area contributed by atoms with E-state index in [1.54, 1.807) is 0 Å². The minimum absolute atomic E-state index is 0.250. The highest BCUT2D eigenvalue weighted by molar-refractivity contribution is 5.79. The van der Waals surface area contributed by atoms with Crippen LogP contribution in [0.25, 0.3) is 0 Å². The molecule has 0 radical (unpaired) electrons. The standard InChI is InChI=1S/C8H18O3.C5H8O5/c9-5-1-3-7-11-8-4-2-6-10;1-10-3(5(8)9)2-4(6)7/h9-10H,1-8H2;3H,2H2,1H3,(H,6,7)(H,8,9). The van der Waals surface area contributed by atoms with Crippen LogP contribution < -0.4 is 0 Å². The fraction of sp³-hybridized carbons (Fsp3) is 0.846. The van der Waals surface area contributed by atoms with Crippen molar-refractivity contribution in [1.82, 2.24) is 0 Å². The van der Waals surface area contributed by atoms with E-state index in [9.17, 15) is 9.59 Å². The molecule has 0 aromatic carbocycles. The SMILES string of the molecule is COC(CC(=O)O)C(=O)O.OCCCCOCCCCO. The lowest BCUT2D eigenvalue weighted by Gasteiger charge is -2.05. The molecule has 126 valence electrons. The Hall–Kier alpha value is -1.22. The molecule has 0 rings (SSSR count). The van der Waals surface area contributed by atoms with Crippen molar-refractivity contribution in [2.75, 3.05) is 33.5 Å². The number of aliphatic hydroxyl groups excluding tert-OH is 2. The van der Waals surface area contributed by atoms with E-state index in [1.807, 2.05) is 0 Å². The minimum Gasteiger partial charge on any atom is -0.481 e. The Morgan fingerprint density at radius 2 is 1.43 bits per heavy atom. The quantitative estimate of drug-likeness (QED) is 0.373. The van der Waals surface area contributed by atoms with Crippen LogP contribution in [0.3, 0.4) is 0 Å². The fourth-order valence-corrected chi connectivity index (χ4v) is 1.16. The van der Waals surface area contributed by atoms with E-state index in [4.69, 9.17) is 25.2 Å². The molecule has 1 atom stereocenters. The van der Waals surface area contributed by atoms with Crippen molar-refractivity contribution < 1.29 is 39.5 Å². The van der Waals surface area contributed by atoms with Gasteiger partial charge >= 0.3 is 11.9 Å². The van der Waals surface area contributed by atoms with Gasteiger partial charge in [0.05, 0.1) is 6.42 Å². The molecule has 8 heteroatoms. The topological polar surface area (TPSA) is 134 Å². The number of hydrogen-bond donors (Lipinski definition) is 4. The molecule has 0 bridgehead atoms. The van der Waals surface area contributed by atoms with E-state index >= 15 is 0 Å². The summed E-state index contributed by atoms with van der Waals surface area (Å²) in [6.07, 6.45) is 1.74. The molecule has 0 aromatic rings. The van der Waals surface area contributed by atoms with Crippen molar-refractivity contribution in [2.45, 2.75) is 38.2 Å². The average Bonchev–Trinajstić information content (AvgIpc) is 2.44. The molecule has 0 heterocycles. The molecule has 0 saturated heterocycles. The molecule has 0 aliphatic heterocycles. The van der Waals surface area contributed by atoms with Crippen molar-refractivity contribution in [3.63, 3.8) is 0 Å². The van der Waals surface area contributed by atoms with Gasteiger partial charge in [-0.1, -0.05) is 0 Å². The number of methoxy groups -OCH3 is 1. The van der Waals surface area contributed by atoms with Gasteiger partial charge in [-0.3, -0.25) is 4.79 Å². The van der Waals surface area contributed by atoms with Crippen LogP contribution in [-0.2, 0) is 19.1 Å². The van der Waals surface area contributed by atoms with Crippen LogP contribution in [0, 0.1) is 0 Å². The Kier molecular flexibility index (Phi) is 17.7. The predicted molar refractivity (Wildman–Crippen MR) is 74.1 cm³/mol. The lowest BCUT2D eigenvalue weighted by atomic mass is 10.2. The molecule has 4 N–H and O–H groups in total. The summed E-state index contributed by atoms with van der Waals surface area (Å²) in [7, 11) is 1.15. The summed E-state index contributed by atoms with van der Waals surface area (Å²) in [5, 5.41) is 33.2. The van der Waals surface area contributed by atoms with Crippen LogP contribution in [-0.4, -0.2) is 72.0 Å². The molecular weight excluding hydrogens is 284 g/mol. The summed E-state index contributed by atoms with van der Waals surface area (Å²) in [4.78, 5) is 20.0. The van der Waals surface area contributed by atoms with E-state index in [0.717, 1.165) is 46.0 Å². The van der Waals surface area contributed by atoms with Crippen LogP contribution in [0.2, 0.25) is 0 Å².